The van der Waals surface area contributed by atoms with Gasteiger partial charge in [-0.3, -0.25) is 24.5 Å². The summed E-state index contributed by atoms with van der Waals surface area (Å²) in [6.45, 7) is 0. The van der Waals surface area contributed by atoms with Gasteiger partial charge in [-0.25, -0.2) is 5.43 Å². The first-order chi connectivity index (χ1) is 13.9. The molecule has 1 aliphatic heterocycles. The number of amides is 3. The van der Waals surface area contributed by atoms with Gasteiger partial charge in [-0.1, -0.05) is 23.9 Å². The summed E-state index contributed by atoms with van der Waals surface area (Å²) in [5.74, 6) is -1.58. The van der Waals surface area contributed by atoms with Crippen molar-refractivity contribution in [2.24, 2.45) is 5.10 Å². The third kappa shape index (κ3) is 5.42. The summed E-state index contributed by atoms with van der Waals surface area (Å²) < 4.78 is 5.14. The number of carbonyl (C=O) groups is 4. The van der Waals surface area contributed by atoms with Crippen molar-refractivity contribution in [1.29, 1.82) is 0 Å². The molecule has 2 aromatic carbocycles. The van der Waals surface area contributed by atoms with Gasteiger partial charge in [0.15, 0.2) is 0 Å². The van der Waals surface area contributed by atoms with E-state index in [1.165, 1.54) is 30.5 Å². The average molecular weight is 413 g/mol. The predicted octanol–water partition coefficient (Wildman–Crippen LogP) is 1.80. The minimum Gasteiger partial charge on any atom is -0.507 e. The number of nitrogens with zero attached hydrogens (tertiary/aromatic N) is 1. The van der Waals surface area contributed by atoms with E-state index in [-0.39, 0.29) is 23.5 Å². The van der Waals surface area contributed by atoms with Crippen LogP contribution in [0, 0.1) is 0 Å². The van der Waals surface area contributed by atoms with Gasteiger partial charge >= 0.3 is 5.97 Å². The topological polar surface area (TPSA) is 134 Å². The Hall–Kier alpha value is -3.66. The molecule has 0 aliphatic carbocycles. The fourth-order valence-corrected chi connectivity index (χ4v) is 3.17. The molecule has 0 radical (unpaired) electrons. The zero-order chi connectivity index (χ0) is 20.8. The molecule has 29 heavy (non-hydrogen) atoms. The number of phenols is 1. The number of para-hydroxylation sites is 1. The van der Waals surface area contributed by atoms with E-state index in [1.807, 2.05) is 0 Å². The number of aromatic hydroxyl groups is 1. The summed E-state index contributed by atoms with van der Waals surface area (Å²) in [4.78, 5) is 46.4. The zero-order valence-electron chi connectivity index (χ0n) is 14.8. The highest BCUT2D eigenvalue weighted by atomic mass is 32.2. The van der Waals surface area contributed by atoms with Gasteiger partial charge in [0.25, 0.3) is 11.1 Å². The number of thioether (sulfide) groups is 1. The molecule has 0 saturated carbocycles. The summed E-state index contributed by atoms with van der Waals surface area (Å²) >= 11 is 0.758. The standard InChI is InChI=1S/C19H15N3O6S/c23-14-4-2-1-3-13(14)17(25)22-20-10-11-5-7-12(8-6-11)28-16(24)9-15-18(26)21-19(27)29-15/h1-8,10,15,23H,9H2,(H,22,25)(H,21,26,27)/b20-10-/t15-/m0/s1. The lowest BCUT2D eigenvalue weighted by atomic mass is 10.2. The van der Waals surface area contributed by atoms with Gasteiger partial charge in [0.1, 0.15) is 16.7 Å². The lowest BCUT2D eigenvalue weighted by Crippen LogP contribution is -2.27. The molecule has 2 aromatic rings. The molecule has 9 nitrogen and oxygen atoms in total. The Bertz CT molecular complexity index is 990. The van der Waals surface area contributed by atoms with Crippen molar-refractivity contribution >= 4 is 41.0 Å². The van der Waals surface area contributed by atoms with Crippen molar-refractivity contribution in [3.05, 3.63) is 59.7 Å². The normalized spacial score (nSPS) is 15.9. The molecule has 0 bridgehead atoms. The van der Waals surface area contributed by atoms with E-state index in [1.54, 1.807) is 24.3 Å². The number of rotatable bonds is 6. The second-order valence-corrected chi connectivity index (χ2v) is 7.02. The minimum atomic E-state index is -0.783. The first-order valence-electron chi connectivity index (χ1n) is 8.36. The number of carbonyl (C=O) groups excluding carboxylic acids is 4. The van der Waals surface area contributed by atoms with Crippen LogP contribution in [0.25, 0.3) is 0 Å². The largest absolute Gasteiger partial charge is 0.507 e. The molecule has 3 N–H and O–H groups in total. The number of imide groups is 1. The van der Waals surface area contributed by atoms with Gasteiger partial charge in [-0.15, -0.1) is 0 Å². The van der Waals surface area contributed by atoms with Crippen LogP contribution in [-0.2, 0) is 9.59 Å². The molecule has 0 aromatic heterocycles. The van der Waals surface area contributed by atoms with Crippen molar-refractivity contribution in [3.63, 3.8) is 0 Å². The number of ether oxygens (including phenoxy) is 1. The van der Waals surface area contributed by atoms with E-state index >= 15 is 0 Å². The second-order valence-electron chi connectivity index (χ2n) is 5.85. The van der Waals surface area contributed by atoms with Crippen LogP contribution in [0.3, 0.4) is 0 Å². The highest BCUT2D eigenvalue weighted by Crippen LogP contribution is 2.23. The summed E-state index contributed by atoms with van der Waals surface area (Å²) in [6, 6.07) is 12.4. The van der Waals surface area contributed by atoms with E-state index in [0.29, 0.717) is 5.56 Å². The number of benzene rings is 2. The van der Waals surface area contributed by atoms with Crippen LogP contribution in [0.2, 0.25) is 0 Å². The fourth-order valence-electron chi connectivity index (χ4n) is 2.37. The Kier molecular flexibility index (Phi) is 6.25. The maximum Gasteiger partial charge on any atom is 0.312 e. The van der Waals surface area contributed by atoms with Crippen LogP contribution < -0.4 is 15.5 Å². The quantitative estimate of drug-likeness (QED) is 0.284. The van der Waals surface area contributed by atoms with Crippen molar-refractivity contribution in [3.8, 4) is 11.5 Å². The van der Waals surface area contributed by atoms with E-state index in [9.17, 15) is 24.3 Å². The summed E-state index contributed by atoms with van der Waals surface area (Å²) in [6.07, 6.45) is 1.17. The number of hydrazone groups is 1. The molecule has 3 rings (SSSR count). The van der Waals surface area contributed by atoms with Gasteiger partial charge < -0.3 is 9.84 Å². The van der Waals surface area contributed by atoms with Crippen LogP contribution in [0.4, 0.5) is 4.79 Å². The van der Waals surface area contributed by atoms with E-state index in [2.05, 4.69) is 15.8 Å². The van der Waals surface area contributed by atoms with E-state index < -0.39 is 28.3 Å². The van der Waals surface area contributed by atoms with Crippen LogP contribution >= 0.6 is 11.8 Å². The molecule has 1 heterocycles. The molecule has 0 unspecified atom stereocenters. The molecule has 1 atom stereocenters. The van der Waals surface area contributed by atoms with Crippen LogP contribution in [-0.4, -0.2) is 39.6 Å². The Morgan fingerprint density at radius 1 is 1.17 bits per heavy atom. The first-order valence-corrected chi connectivity index (χ1v) is 9.24. The minimum absolute atomic E-state index is 0.0997. The Morgan fingerprint density at radius 2 is 1.90 bits per heavy atom. The van der Waals surface area contributed by atoms with Crippen LogP contribution in [0.1, 0.15) is 22.3 Å². The third-order valence-electron chi connectivity index (χ3n) is 3.76. The van der Waals surface area contributed by atoms with Crippen molar-refractivity contribution in [1.82, 2.24) is 10.7 Å². The Morgan fingerprint density at radius 3 is 2.55 bits per heavy atom. The van der Waals surface area contributed by atoms with Gasteiger partial charge in [-0.05, 0) is 42.0 Å². The molecular weight excluding hydrogens is 398 g/mol. The molecule has 3 amide bonds. The predicted molar refractivity (Wildman–Crippen MR) is 105 cm³/mol. The number of nitrogens with one attached hydrogen (secondary N) is 2. The molecule has 10 heteroatoms. The molecule has 1 aliphatic rings. The molecule has 0 spiro atoms. The lowest BCUT2D eigenvalue weighted by molar-refractivity contribution is -0.135. The lowest BCUT2D eigenvalue weighted by Gasteiger charge is -2.06. The second kappa shape index (κ2) is 9.02. The number of esters is 1. The number of phenolic OH excluding ortho intramolecular Hbond substituents is 1. The van der Waals surface area contributed by atoms with Crippen molar-refractivity contribution in [2.45, 2.75) is 11.7 Å². The molecule has 148 valence electrons. The third-order valence-corrected chi connectivity index (χ3v) is 4.74. The monoisotopic (exact) mass is 413 g/mol. The highest BCUT2D eigenvalue weighted by molar-refractivity contribution is 8.15. The van der Waals surface area contributed by atoms with Gasteiger partial charge in [0.05, 0.1) is 18.2 Å². The number of hydrogen-bond donors (Lipinski definition) is 3. The maximum atomic E-state index is 11.9. The average Bonchev–Trinajstić information content (AvgIpc) is 3.00. The van der Waals surface area contributed by atoms with Crippen LogP contribution in [0.15, 0.2) is 53.6 Å². The maximum absolute atomic E-state index is 11.9. The van der Waals surface area contributed by atoms with Gasteiger partial charge in [-0.2, -0.15) is 5.10 Å². The SMILES string of the molecule is O=C(C[C@@H]1SC(=O)NC1=O)Oc1ccc(/C=N\NC(=O)c2ccccc2O)cc1. The summed E-state index contributed by atoms with van der Waals surface area (Å²) in [7, 11) is 0. The number of hydrogen-bond acceptors (Lipinski definition) is 8. The smallest absolute Gasteiger partial charge is 0.312 e. The molecule has 1 fully saturated rings. The van der Waals surface area contributed by atoms with Crippen LogP contribution in [0.5, 0.6) is 11.5 Å². The Balaban J connectivity index is 1.51. The van der Waals surface area contributed by atoms with E-state index in [0.717, 1.165) is 11.8 Å². The fraction of sp³-hybridized carbons (Fsp3) is 0.105. The summed E-state index contributed by atoms with van der Waals surface area (Å²) in [5.41, 5.74) is 3.02. The highest BCUT2D eigenvalue weighted by Gasteiger charge is 2.33. The van der Waals surface area contributed by atoms with Gasteiger partial charge in [0.2, 0.25) is 5.91 Å². The first kappa shape index (κ1) is 20.1. The van der Waals surface area contributed by atoms with Gasteiger partial charge in [0, 0.05) is 0 Å². The van der Waals surface area contributed by atoms with Crippen molar-refractivity contribution in [2.75, 3.05) is 0 Å². The summed E-state index contributed by atoms with van der Waals surface area (Å²) in [5, 5.41) is 14.3. The van der Waals surface area contributed by atoms with E-state index in [4.69, 9.17) is 4.74 Å². The zero-order valence-corrected chi connectivity index (χ0v) is 15.6. The molecule has 1 saturated heterocycles. The van der Waals surface area contributed by atoms with Crippen molar-refractivity contribution < 1.29 is 29.0 Å². The molecular formula is C19H15N3O6S. The Labute approximate surface area is 169 Å².